The molecule has 4 aliphatic carbocycles. The van der Waals surface area contributed by atoms with Crippen LogP contribution < -0.4 is 0 Å². The van der Waals surface area contributed by atoms with Gasteiger partial charge in [-0.2, -0.15) is 0 Å². The fraction of sp³-hybridized carbons (Fsp3) is 0.900. The molecule has 2 bridgehead atoms. The number of rotatable bonds is 1. The van der Waals surface area contributed by atoms with E-state index in [2.05, 4.69) is 26.8 Å². The monoisotopic (exact) mass is 320 g/mol. The lowest BCUT2D eigenvalue weighted by molar-refractivity contribution is -0.212. The molecule has 4 aliphatic rings. The van der Waals surface area contributed by atoms with Crippen LogP contribution in [0.4, 0.5) is 0 Å². The van der Waals surface area contributed by atoms with E-state index in [1.165, 1.54) is 19.3 Å². The van der Waals surface area contributed by atoms with Gasteiger partial charge in [-0.1, -0.05) is 39.3 Å². The summed E-state index contributed by atoms with van der Waals surface area (Å²) in [5.74, 6) is 0.828. The minimum absolute atomic E-state index is 0.0164. The molecule has 3 heteroatoms. The van der Waals surface area contributed by atoms with E-state index in [1.807, 2.05) is 6.08 Å². The second-order valence-corrected chi connectivity index (χ2v) is 9.97. The molecule has 1 spiro atoms. The predicted molar refractivity (Wildman–Crippen MR) is 89.7 cm³/mol. The van der Waals surface area contributed by atoms with E-state index in [0.29, 0.717) is 24.7 Å². The topological polar surface area (TPSA) is 60.7 Å². The third-order valence-corrected chi connectivity index (χ3v) is 8.58. The molecule has 3 N–H and O–H groups in total. The lowest BCUT2D eigenvalue weighted by atomic mass is 9.39. The highest BCUT2D eigenvalue weighted by atomic mass is 16.3. The third kappa shape index (κ3) is 1.82. The Morgan fingerprint density at radius 3 is 2.35 bits per heavy atom. The van der Waals surface area contributed by atoms with Crippen molar-refractivity contribution in [2.75, 3.05) is 6.61 Å². The van der Waals surface area contributed by atoms with Crippen molar-refractivity contribution in [2.45, 2.75) is 71.5 Å². The summed E-state index contributed by atoms with van der Waals surface area (Å²) in [5, 5.41) is 31.9. The minimum atomic E-state index is -0.523. The molecule has 3 saturated carbocycles. The Kier molecular flexibility index (Phi) is 3.23. The Balaban J connectivity index is 1.80. The highest BCUT2D eigenvalue weighted by Crippen LogP contribution is 2.71. The quantitative estimate of drug-likeness (QED) is 0.651. The van der Waals surface area contributed by atoms with Crippen molar-refractivity contribution in [2.24, 2.45) is 33.5 Å². The van der Waals surface area contributed by atoms with Crippen LogP contribution in [0.25, 0.3) is 0 Å². The molecule has 130 valence electrons. The largest absolute Gasteiger partial charge is 0.395 e. The van der Waals surface area contributed by atoms with Crippen molar-refractivity contribution in [3.05, 3.63) is 12.2 Å². The first-order valence-corrected chi connectivity index (χ1v) is 9.38. The number of aliphatic hydroxyl groups is 3. The highest BCUT2D eigenvalue weighted by Gasteiger charge is 2.68. The second kappa shape index (κ2) is 4.62. The van der Waals surface area contributed by atoms with E-state index in [0.717, 1.165) is 6.42 Å². The molecule has 0 radical (unpaired) electrons. The van der Waals surface area contributed by atoms with E-state index >= 15 is 0 Å². The second-order valence-electron chi connectivity index (χ2n) is 9.97. The zero-order valence-electron chi connectivity index (χ0n) is 14.8. The van der Waals surface area contributed by atoms with Gasteiger partial charge in [-0.15, -0.1) is 0 Å². The van der Waals surface area contributed by atoms with E-state index in [1.54, 1.807) is 0 Å². The van der Waals surface area contributed by atoms with Crippen LogP contribution >= 0.6 is 0 Å². The molecule has 0 aromatic heterocycles. The molecule has 3 nitrogen and oxygen atoms in total. The Morgan fingerprint density at radius 2 is 1.65 bits per heavy atom. The van der Waals surface area contributed by atoms with Gasteiger partial charge in [0.05, 0.1) is 18.8 Å². The van der Waals surface area contributed by atoms with Crippen molar-refractivity contribution in [3.8, 4) is 0 Å². The SMILES string of the molecule is CC1(C)CCC[C@]2(C)[C@@H]1C[C@H](O)[C@@]13C=C[C@@](CO)(C1)[C@H](O)C[C@@H]23. The Bertz CT molecular complexity index is 541. The number of aliphatic hydroxyl groups excluding tert-OH is 3. The number of hydrogen-bond acceptors (Lipinski definition) is 3. The van der Waals surface area contributed by atoms with Crippen LogP contribution in [0, 0.1) is 33.5 Å². The fourth-order valence-corrected chi connectivity index (χ4v) is 7.33. The summed E-state index contributed by atoms with van der Waals surface area (Å²) in [5.41, 5.74) is -0.321. The molecular formula is C20H32O3. The standard InChI is InChI=1S/C20H32O3/c1-17(2)5-4-6-18(3)13(17)9-16(23)20-8-7-19(11-20,12-21)15(22)10-14(18)20/h7-8,13-16,21-23H,4-6,9-12H2,1-3H3/t13-,14+,15-,16+,18-,19+,20+/m1/s1. The summed E-state index contributed by atoms with van der Waals surface area (Å²) < 4.78 is 0. The van der Waals surface area contributed by atoms with Crippen LogP contribution in [0.1, 0.15) is 59.3 Å². The molecule has 0 unspecified atom stereocenters. The summed E-state index contributed by atoms with van der Waals surface area (Å²) in [4.78, 5) is 0. The molecule has 0 amide bonds. The lowest BCUT2D eigenvalue weighted by Gasteiger charge is -2.66. The third-order valence-electron chi connectivity index (χ3n) is 8.58. The van der Waals surface area contributed by atoms with Gasteiger partial charge in [-0.05, 0) is 54.8 Å². The summed E-state index contributed by atoms with van der Waals surface area (Å²) in [6.45, 7) is 7.13. The minimum Gasteiger partial charge on any atom is -0.395 e. The van der Waals surface area contributed by atoms with E-state index in [4.69, 9.17) is 0 Å². The van der Waals surface area contributed by atoms with Gasteiger partial charge in [0.2, 0.25) is 0 Å². The first-order valence-electron chi connectivity index (χ1n) is 9.38. The maximum atomic E-state index is 11.1. The van der Waals surface area contributed by atoms with Crippen molar-refractivity contribution in [1.29, 1.82) is 0 Å². The average molecular weight is 320 g/mol. The van der Waals surface area contributed by atoms with Crippen LogP contribution in [0.5, 0.6) is 0 Å². The van der Waals surface area contributed by atoms with Crippen molar-refractivity contribution in [1.82, 2.24) is 0 Å². The van der Waals surface area contributed by atoms with Gasteiger partial charge in [0, 0.05) is 10.8 Å². The Morgan fingerprint density at radius 1 is 0.957 bits per heavy atom. The van der Waals surface area contributed by atoms with Gasteiger partial charge in [0.15, 0.2) is 0 Å². The van der Waals surface area contributed by atoms with Gasteiger partial charge in [0.1, 0.15) is 0 Å². The molecule has 7 atom stereocenters. The molecule has 4 rings (SSSR count). The number of hydrogen-bond donors (Lipinski definition) is 3. The van der Waals surface area contributed by atoms with Crippen LogP contribution in [-0.2, 0) is 0 Å². The zero-order chi connectivity index (χ0) is 16.7. The molecular weight excluding hydrogens is 288 g/mol. The normalized spacial score (nSPS) is 57.0. The average Bonchev–Trinajstić information content (AvgIpc) is 2.83. The van der Waals surface area contributed by atoms with Crippen LogP contribution in [0.3, 0.4) is 0 Å². The van der Waals surface area contributed by atoms with E-state index in [-0.39, 0.29) is 29.0 Å². The Labute approximate surface area is 139 Å². The van der Waals surface area contributed by atoms with E-state index < -0.39 is 11.5 Å². The molecule has 0 heterocycles. The molecule has 0 aliphatic heterocycles. The molecule has 0 saturated heterocycles. The van der Waals surface area contributed by atoms with E-state index in [9.17, 15) is 15.3 Å². The maximum absolute atomic E-state index is 11.1. The van der Waals surface area contributed by atoms with Crippen molar-refractivity contribution < 1.29 is 15.3 Å². The smallest absolute Gasteiger partial charge is 0.0656 e. The van der Waals surface area contributed by atoms with Gasteiger partial charge < -0.3 is 15.3 Å². The van der Waals surface area contributed by atoms with Crippen LogP contribution in [0.15, 0.2) is 12.2 Å². The summed E-state index contributed by atoms with van der Waals surface area (Å²) in [7, 11) is 0. The summed E-state index contributed by atoms with van der Waals surface area (Å²) >= 11 is 0. The van der Waals surface area contributed by atoms with Gasteiger partial charge in [-0.3, -0.25) is 0 Å². The van der Waals surface area contributed by atoms with Crippen molar-refractivity contribution in [3.63, 3.8) is 0 Å². The molecule has 0 aromatic rings. The van der Waals surface area contributed by atoms with Gasteiger partial charge >= 0.3 is 0 Å². The Hall–Kier alpha value is -0.380. The molecule has 3 fully saturated rings. The highest BCUT2D eigenvalue weighted by molar-refractivity contribution is 5.30. The molecule has 0 aromatic carbocycles. The molecule has 23 heavy (non-hydrogen) atoms. The van der Waals surface area contributed by atoms with Crippen LogP contribution in [0.2, 0.25) is 0 Å². The van der Waals surface area contributed by atoms with Crippen molar-refractivity contribution >= 4 is 0 Å². The van der Waals surface area contributed by atoms with Gasteiger partial charge in [0.25, 0.3) is 0 Å². The van der Waals surface area contributed by atoms with Gasteiger partial charge in [-0.25, -0.2) is 0 Å². The maximum Gasteiger partial charge on any atom is 0.0656 e. The predicted octanol–water partition coefficient (Wildman–Crippen LogP) is 2.89. The lowest BCUT2D eigenvalue weighted by Crippen LogP contribution is -2.63. The number of fused-ring (bicyclic) bond motifs is 3. The first-order chi connectivity index (χ1) is 10.7. The zero-order valence-corrected chi connectivity index (χ0v) is 14.8. The fourth-order valence-electron chi connectivity index (χ4n) is 7.33. The first kappa shape index (κ1) is 16.1. The summed E-state index contributed by atoms with van der Waals surface area (Å²) in [6.07, 6.45) is 9.34. The summed E-state index contributed by atoms with van der Waals surface area (Å²) in [6, 6.07) is 0. The van der Waals surface area contributed by atoms with Crippen LogP contribution in [-0.4, -0.2) is 34.1 Å².